The van der Waals surface area contributed by atoms with Crippen molar-refractivity contribution in [3.63, 3.8) is 0 Å². The molecule has 0 saturated carbocycles. The summed E-state index contributed by atoms with van der Waals surface area (Å²) in [6.45, 7) is 4.24. The Morgan fingerprint density at radius 1 is 1.04 bits per heavy atom. The van der Waals surface area contributed by atoms with E-state index in [0.29, 0.717) is 12.1 Å². The summed E-state index contributed by atoms with van der Waals surface area (Å²) in [5.74, 6) is -0.186. The van der Waals surface area contributed by atoms with Gasteiger partial charge in [0.1, 0.15) is 0 Å². The first kappa shape index (κ1) is 19.2. The van der Waals surface area contributed by atoms with Gasteiger partial charge >= 0.3 is 0 Å². The van der Waals surface area contributed by atoms with Crippen LogP contribution in [0.3, 0.4) is 0 Å². The molecular weight excluding hydrogens is 336 g/mol. The summed E-state index contributed by atoms with van der Waals surface area (Å²) < 4.78 is 0. The Morgan fingerprint density at radius 2 is 1.78 bits per heavy atom. The predicted octanol–water partition coefficient (Wildman–Crippen LogP) is 3.87. The standard InChI is InChI=1S/C23H28N2O2/c1-16-7-3-6-10-21(16)23(27)24-14-13-22(26)25-17(2)19-12-11-18-8-4-5-9-20(18)15-19/h3,6-7,10-12,15,17H,4-5,8-9,13-14H2,1-2H3,(H,24,27)(H,25,26). The molecule has 1 aliphatic rings. The van der Waals surface area contributed by atoms with Gasteiger partial charge in [-0.25, -0.2) is 0 Å². The Hall–Kier alpha value is -2.62. The third-order valence-corrected chi connectivity index (χ3v) is 5.28. The van der Waals surface area contributed by atoms with Crippen LogP contribution in [0.15, 0.2) is 42.5 Å². The molecule has 0 fully saturated rings. The summed E-state index contributed by atoms with van der Waals surface area (Å²) in [5.41, 5.74) is 5.60. The van der Waals surface area contributed by atoms with E-state index in [1.807, 2.05) is 32.0 Å². The molecule has 2 aromatic carbocycles. The third kappa shape index (κ3) is 4.97. The van der Waals surface area contributed by atoms with Gasteiger partial charge in [0.15, 0.2) is 0 Å². The van der Waals surface area contributed by atoms with Crippen molar-refractivity contribution in [2.45, 2.75) is 52.0 Å². The largest absolute Gasteiger partial charge is 0.352 e. The van der Waals surface area contributed by atoms with Crippen molar-refractivity contribution >= 4 is 11.8 Å². The topological polar surface area (TPSA) is 58.2 Å². The van der Waals surface area contributed by atoms with Gasteiger partial charge in [-0.3, -0.25) is 9.59 Å². The van der Waals surface area contributed by atoms with Crippen molar-refractivity contribution in [1.29, 1.82) is 0 Å². The first-order chi connectivity index (χ1) is 13.0. The Bertz CT molecular complexity index is 829. The smallest absolute Gasteiger partial charge is 0.251 e. The Balaban J connectivity index is 1.48. The summed E-state index contributed by atoms with van der Waals surface area (Å²) in [6.07, 6.45) is 5.09. The first-order valence-electron chi connectivity index (χ1n) is 9.79. The lowest BCUT2D eigenvalue weighted by Crippen LogP contribution is -2.32. The molecular formula is C23H28N2O2. The molecule has 0 radical (unpaired) electrons. The van der Waals surface area contributed by atoms with Gasteiger partial charge in [0.25, 0.3) is 5.91 Å². The molecule has 2 amide bonds. The van der Waals surface area contributed by atoms with Crippen LogP contribution in [-0.4, -0.2) is 18.4 Å². The Morgan fingerprint density at radius 3 is 2.56 bits per heavy atom. The Labute approximate surface area is 161 Å². The van der Waals surface area contributed by atoms with Gasteiger partial charge in [-0.1, -0.05) is 36.4 Å². The van der Waals surface area contributed by atoms with Crippen LogP contribution in [0.2, 0.25) is 0 Å². The maximum atomic E-state index is 12.2. The molecule has 4 heteroatoms. The van der Waals surface area contributed by atoms with E-state index in [9.17, 15) is 9.59 Å². The monoisotopic (exact) mass is 364 g/mol. The van der Waals surface area contributed by atoms with Gasteiger partial charge in [0, 0.05) is 18.5 Å². The molecule has 0 saturated heterocycles. The van der Waals surface area contributed by atoms with Gasteiger partial charge in [0.2, 0.25) is 5.91 Å². The molecule has 1 unspecified atom stereocenters. The fourth-order valence-electron chi connectivity index (χ4n) is 3.63. The fraction of sp³-hybridized carbons (Fsp3) is 0.391. The van der Waals surface area contributed by atoms with E-state index in [-0.39, 0.29) is 24.3 Å². The van der Waals surface area contributed by atoms with Crippen LogP contribution in [0.25, 0.3) is 0 Å². The van der Waals surface area contributed by atoms with Crippen LogP contribution in [0.1, 0.15) is 64.8 Å². The highest BCUT2D eigenvalue weighted by molar-refractivity contribution is 5.95. The van der Waals surface area contributed by atoms with Crippen LogP contribution in [0, 0.1) is 6.92 Å². The predicted molar refractivity (Wildman–Crippen MR) is 108 cm³/mol. The molecule has 2 aromatic rings. The molecule has 0 heterocycles. The molecule has 0 aliphatic heterocycles. The zero-order valence-corrected chi connectivity index (χ0v) is 16.2. The van der Waals surface area contributed by atoms with Crippen LogP contribution in [0.4, 0.5) is 0 Å². The molecule has 142 valence electrons. The molecule has 0 bridgehead atoms. The quantitative estimate of drug-likeness (QED) is 0.817. The van der Waals surface area contributed by atoms with Crippen molar-refractivity contribution < 1.29 is 9.59 Å². The number of rotatable bonds is 6. The van der Waals surface area contributed by atoms with Crippen LogP contribution in [-0.2, 0) is 17.6 Å². The fourth-order valence-corrected chi connectivity index (χ4v) is 3.63. The second kappa shape index (κ2) is 8.85. The minimum atomic E-state index is -0.136. The highest BCUT2D eigenvalue weighted by Gasteiger charge is 2.14. The molecule has 1 atom stereocenters. The number of hydrogen-bond acceptors (Lipinski definition) is 2. The van der Waals surface area contributed by atoms with E-state index in [2.05, 4.69) is 28.8 Å². The highest BCUT2D eigenvalue weighted by Crippen LogP contribution is 2.24. The minimum Gasteiger partial charge on any atom is -0.352 e. The number of nitrogens with one attached hydrogen (secondary N) is 2. The van der Waals surface area contributed by atoms with Gasteiger partial charge in [0.05, 0.1) is 6.04 Å². The number of amides is 2. The van der Waals surface area contributed by atoms with Crippen molar-refractivity contribution in [2.24, 2.45) is 0 Å². The SMILES string of the molecule is Cc1ccccc1C(=O)NCCC(=O)NC(C)c1ccc2c(c1)CCCC2. The van der Waals surface area contributed by atoms with E-state index in [4.69, 9.17) is 0 Å². The molecule has 4 nitrogen and oxygen atoms in total. The van der Waals surface area contributed by atoms with E-state index < -0.39 is 0 Å². The highest BCUT2D eigenvalue weighted by atomic mass is 16.2. The van der Waals surface area contributed by atoms with Crippen molar-refractivity contribution in [3.05, 3.63) is 70.3 Å². The number of fused-ring (bicyclic) bond motifs is 1. The van der Waals surface area contributed by atoms with Crippen LogP contribution >= 0.6 is 0 Å². The molecule has 3 rings (SSSR count). The lowest BCUT2D eigenvalue weighted by Gasteiger charge is -2.20. The summed E-state index contributed by atoms with van der Waals surface area (Å²) in [7, 11) is 0. The van der Waals surface area contributed by atoms with Gasteiger partial charge < -0.3 is 10.6 Å². The molecule has 27 heavy (non-hydrogen) atoms. The third-order valence-electron chi connectivity index (χ3n) is 5.28. The summed E-state index contributed by atoms with van der Waals surface area (Å²) in [5, 5.41) is 5.86. The molecule has 0 spiro atoms. The summed E-state index contributed by atoms with van der Waals surface area (Å²) in [4.78, 5) is 24.4. The second-order valence-electron chi connectivity index (χ2n) is 7.35. The zero-order valence-electron chi connectivity index (χ0n) is 16.2. The average molecular weight is 364 g/mol. The first-order valence-corrected chi connectivity index (χ1v) is 9.79. The van der Waals surface area contributed by atoms with Crippen molar-refractivity contribution in [1.82, 2.24) is 10.6 Å². The number of carbonyl (C=O) groups is 2. The van der Waals surface area contributed by atoms with Gasteiger partial charge in [-0.05, 0) is 67.9 Å². The summed E-state index contributed by atoms with van der Waals surface area (Å²) >= 11 is 0. The number of aryl methyl sites for hydroxylation is 3. The van der Waals surface area contributed by atoms with Crippen molar-refractivity contribution in [2.75, 3.05) is 6.54 Å². The maximum Gasteiger partial charge on any atom is 0.251 e. The van der Waals surface area contributed by atoms with E-state index in [1.54, 1.807) is 6.07 Å². The van der Waals surface area contributed by atoms with Gasteiger partial charge in [-0.2, -0.15) is 0 Å². The average Bonchev–Trinajstić information content (AvgIpc) is 2.67. The second-order valence-corrected chi connectivity index (χ2v) is 7.35. The van der Waals surface area contributed by atoms with Gasteiger partial charge in [-0.15, -0.1) is 0 Å². The molecule has 1 aliphatic carbocycles. The number of benzene rings is 2. The van der Waals surface area contributed by atoms with E-state index in [1.165, 1.54) is 24.0 Å². The van der Waals surface area contributed by atoms with E-state index >= 15 is 0 Å². The van der Waals surface area contributed by atoms with Crippen molar-refractivity contribution in [3.8, 4) is 0 Å². The zero-order chi connectivity index (χ0) is 19.2. The lowest BCUT2D eigenvalue weighted by atomic mass is 9.89. The van der Waals surface area contributed by atoms with Crippen LogP contribution < -0.4 is 10.6 Å². The van der Waals surface area contributed by atoms with Crippen LogP contribution in [0.5, 0.6) is 0 Å². The number of hydrogen-bond donors (Lipinski definition) is 2. The lowest BCUT2D eigenvalue weighted by molar-refractivity contribution is -0.121. The molecule has 0 aromatic heterocycles. The molecule has 2 N–H and O–H groups in total. The summed E-state index contributed by atoms with van der Waals surface area (Å²) in [6, 6.07) is 14.0. The normalized spacial score (nSPS) is 14.1. The minimum absolute atomic E-state index is 0.0307. The Kier molecular flexibility index (Phi) is 6.28. The number of carbonyl (C=O) groups excluding carboxylic acids is 2. The van der Waals surface area contributed by atoms with E-state index in [0.717, 1.165) is 24.0 Å². The maximum absolute atomic E-state index is 12.2.